The number of hydrogen-bond acceptors (Lipinski definition) is 4. The summed E-state index contributed by atoms with van der Waals surface area (Å²) >= 11 is 6.98. The van der Waals surface area contributed by atoms with Crippen LogP contribution in [0.4, 0.5) is 0 Å². The molecule has 0 radical (unpaired) electrons. The third-order valence-corrected chi connectivity index (χ3v) is 8.65. The third-order valence-electron chi connectivity index (χ3n) is 5.71. The summed E-state index contributed by atoms with van der Waals surface area (Å²) in [4.78, 5) is 4.96. The molecule has 0 heterocycles. The van der Waals surface area contributed by atoms with Gasteiger partial charge in [-0.15, -0.1) is 47.0 Å². The zero-order valence-corrected chi connectivity index (χ0v) is 24.0. The van der Waals surface area contributed by atoms with Crippen LogP contribution < -0.4 is 0 Å². The minimum atomic E-state index is 0.990. The first-order valence-electron chi connectivity index (χ1n) is 11.3. The van der Waals surface area contributed by atoms with Crippen LogP contribution in [0.2, 0.25) is 0 Å². The predicted octanol–water partition coefficient (Wildman–Crippen LogP) is 9.31. The Labute approximate surface area is 232 Å². The molecule has 0 unspecified atom stereocenters. The molecule has 0 atom stereocenters. The Morgan fingerprint density at radius 3 is 1.08 bits per heavy atom. The van der Waals surface area contributed by atoms with E-state index in [0.29, 0.717) is 0 Å². The smallest absolute Gasteiger partial charge is 0.0334 e. The molecule has 178 valence electrons. The second-order valence-corrected chi connectivity index (χ2v) is 11.3. The zero-order valence-electron chi connectivity index (χ0n) is 20.7. The minimum absolute atomic E-state index is 0.990. The molecule has 36 heavy (non-hydrogen) atoms. The van der Waals surface area contributed by atoms with Crippen molar-refractivity contribution >= 4 is 47.0 Å². The van der Waals surface area contributed by atoms with Gasteiger partial charge in [-0.1, -0.05) is 36.1 Å². The number of benzene rings is 4. The zero-order chi connectivity index (χ0) is 25.3. The van der Waals surface area contributed by atoms with Crippen molar-refractivity contribution < 1.29 is 0 Å². The van der Waals surface area contributed by atoms with Crippen LogP contribution in [0.15, 0.2) is 105 Å². The van der Waals surface area contributed by atoms with E-state index in [2.05, 4.69) is 134 Å². The fraction of sp³-hybridized carbons (Fsp3) is 0.125. The van der Waals surface area contributed by atoms with Gasteiger partial charge in [0.2, 0.25) is 0 Å². The highest BCUT2D eigenvalue weighted by Gasteiger charge is 2.07. The Kier molecular flexibility index (Phi) is 9.62. The molecular weight excluding hydrogens is 513 g/mol. The average Bonchev–Trinajstić information content (AvgIpc) is 2.95. The van der Waals surface area contributed by atoms with Crippen LogP contribution in [0.25, 0.3) is 22.3 Å². The first kappa shape index (κ1) is 26.5. The first-order valence-corrected chi connectivity index (χ1v) is 16.2. The summed E-state index contributed by atoms with van der Waals surface area (Å²) in [5.41, 5.74) is 6.61. The molecule has 0 N–H and O–H groups in total. The van der Waals surface area contributed by atoms with Crippen molar-refractivity contribution in [2.24, 2.45) is 0 Å². The second kappa shape index (κ2) is 13.1. The maximum Gasteiger partial charge on any atom is 0.0334 e. The third kappa shape index (κ3) is 6.58. The van der Waals surface area contributed by atoms with Crippen LogP contribution in [-0.2, 0) is 0 Å². The van der Waals surface area contributed by atoms with Crippen molar-refractivity contribution in [3.8, 4) is 45.9 Å². The quantitative estimate of drug-likeness (QED) is 0.177. The van der Waals surface area contributed by atoms with E-state index < -0.39 is 0 Å². The lowest BCUT2D eigenvalue weighted by Crippen LogP contribution is -1.87. The normalized spacial score (nSPS) is 10.2. The first-order chi connectivity index (χ1) is 17.6. The Balaban J connectivity index is 1.69. The lowest BCUT2D eigenvalue weighted by molar-refractivity contribution is 1.41. The molecular formula is C32H26S4. The lowest BCUT2D eigenvalue weighted by atomic mass is 9.99. The van der Waals surface area contributed by atoms with Crippen LogP contribution in [0.3, 0.4) is 0 Å². The molecule has 4 aromatic carbocycles. The van der Waals surface area contributed by atoms with E-state index in [0.717, 1.165) is 22.3 Å². The van der Waals surface area contributed by atoms with Crippen LogP contribution in [-0.4, -0.2) is 25.0 Å². The molecule has 4 aromatic rings. The van der Waals surface area contributed by atoms with Crippen molar-refractivity contribution in [3.63, 3.8) is 0 Å². The maximum absolute atomic E-state index is 3.31. The van der Waals surface area contributed by atoms with E-state index in [1.165, 1.54) is 30.7 Å². The molecule has 0 aliphatic rings. The minimum Gasteiger partial charge on any atom is -0.130 e. The molecule has 0 fully saturated rings. The number of thioether (sulfide) groups is 4. The fourth-order valence-electron chi connectivity index (χ4n) is 3.73. The summed E-state index contributed by atoms with van der Waals surface area (Å²) in [6.07, 6.45) is 8.39. The fourth-order valence-corrected chi connectivity index (χ4v) is 5.43. The summed E-state index contributed by atoms with van der Waals surface area (Å²) in [6, 6.07) is 30.2. The van der Waals surface area contributed by atoms with E-state index >= 15 is 0 Å². The summed E-state index contributed by atoms with van der Waals surface area (Å²) in [7, 11) is 0. The highest BCUT2D eigenvalue weighted by atomic mass is 32.2. The topological polar surface area (TPSA) is 0 Å². The van der Waals surface area contributed by atoms with Crippen LogP contribution in [0, 0.1) is 23.7 Å². The Morgan fingerprint density at radius 1 is 0.417 bits per heavy atom. The molecule has 0 saturated carbocycles. The van der Waals surface area contributed by atoms with E-state index in [1.807, 2.05) is 0 Å². The lowest BCUT2D eigenvalue weighted by Gasteiger charge is -2.08. The number of hydrogen-bond donors (Lipinski definition) is 0. The van der Waals surface area contributed by atoms with Crippen LogP contribution >= 0.6 is 47.0 Å². The molecule has 0 aliphatic heterocycles. The average molecular weight is 539 g/mol. The largest absolute Gasteiger partial charge is 0.130 e. The summed E-state index contributed by atoms with van der Waals surface area (Å²) in [5.74, 6) is 12.9. The molecule has 0 saturated heterocycles. The maximum atomic E-state index is 3.31. The van der Waals surface area contributed by atoms with Gasteiger partial charge in [-0.3, -0.25) is 0 Å². The molecule has 0 bridgehead atoms. The molecule has 0 spiro atoms. The van der Waals surface area contributed by atoms with Crippen LogP contribution in [0.5, 0.6) is 0 Å². The summed E-state index contributed by atoms with van der Waals surface area (Å²) in [6.45, 7) is 0. The van der Waals surface area contributed by atoms with Gasteiger partial charge in [0.15, 0.2) is 0 Å². The standard InChI is InChI=1S/C32H26S4/c1-33-27-15-9-25(10-16-27)31-21-29(35-3)19-13-23(31)7-5-6-8-24-14-20-30(36-4)22-32(24)26-11-17-28(34-2)18-12-26/h9-22H,1-4H3. The van der Waals surface area contributed by atoms with Gasteiger partial charge in [-0.05, 0) is 120 Å². The highest BCUT2D eigenvalue weighted by Crippen LogP contribution is 2.31. The van der Waals surface area contributed by atoms with Crippen molar-refractivity contribution in [1.29, 1.82) is 0 Å². The van der Waals surface area contributed by atoms with E-state index in [4.69, 9.17) is 0 Å². The monoisotopic (exact) mass is 538 g/mol. The van der Waals surface area contributed by atoms with Gasteiger partial charge in [0.05, 0.1) is 0 Å². The van der Waals surface area contributed by atoms with Crippen molar-refractivity contribution in [1.82, 2.24) is 0 Å². The molecule has 0 nitrogen and oxygen atoms in total. The number of rotatable bonds is 6. The Bertz CT molecular complexity index is 1350. The molecule has 4 rings (SSSR count). The van der Waals surface area contributed by atoms with E-state index in [9.17, 15) is 0 Å². The van der Waals surface area contributed by atoms with Crippen LogP contribution in [0.1, 0.15) is 11.1 Å². The van der Waals surface area contributed by atoms with Gasteiger partial charge in [-0.2, -0.15) is 0 Å². The van der Waals surface area contributed by atoms with Crippen molar-refractivity contribution in [2.75, 3.05) is 25.0 Å². The second-order valence-electron chi connectivity index (χ2n) is 7.78. The van der Waals surface area contributed by atoms with Gasteiger partial charge in [0.1, 0.15) is 0 Å². The Hall–Kier alpha value is -2.60. The molecule has 0 aliphatic carbocycles. The van der Waals surface area contributed by atoms with Crippen molar-refractivity contribution in [2.45, 2.75) is 19.6 Å². The molecule has 0 amide bonds. The summed E-state index contributed by atoms with van der Waals surface area (Å²) < 4.78 is 0. The van der Waals surface area contributed by atoms with Crippen molar-refractivity contribution in [3.05, 3.63) is 96.1 Å². The van der Waals surface area contributed by atoms with E-state index in [1.54, 1.807) is 47.0 Å². The van der Waals surface area contributed by atoms with Gasteiger partial charge >= 0.3 is 0 Å². The Morgan fingerprint density at radius 2 is 0.750 bits per heavy atom. The van der Waals surface area contributed by atoms with Gasteiger partial charge in [0, 0.05) is 30.7 Å². The molecule has 4 heteroatoms. The SMILES string of the molecule is CSc1ccc(-c2cc(SC)ccc2C#CC#Cc2ccc(SC)cc2-c2ccc(SC)cc2)cc1. The highest BCUT2D eigenvalue weighted by molar-refractivity contribution is 7.99. The summed E-state index contributed by atoms with van der Waals surface area (Å²) in [5, 5.41) is 0. The van der Waals surface area contributed by atoms with Gasteiger partial charge < -0.3 is 0 Å². The molecule has 0 aromatic heterocycles. The predicted molar refractivity (Wildman–Crippen MR) is 165 cm³/mol. The van der Waals surface area contributed by atoms with Gasteiger partial charge in [0.25, 0.3) is 0 Å². The van der Waals surface area contributed by atoms with E-state index in [-0.39, 0.29) is 0 Å². The van der Waals surface area contributed by atoms with Gasteiger partial charge in [-0.25, -0.2) is 0 Å².